The first-order valence-electron chi connectivity index (χ1n) is 5.06. The van der Waals surface area contributed by atoms with Crippen molar-refractivity contribution in [3.8, 4) is 5.75 Å². The van der Waals surface area contributed by atoms with Crippen LogP contribution in [0.2, 0.25) is 0 Å². The summed E-state index contributed by atoms with van der Waals surface area (Å²) in [4.78, 5) is 0. The summed E-state index contributed by atoms with van der Waals surface area (Å²) in [6.45, 7) is 1.95. The first-order valence-corrected chi connectivity index (χ1v) is 5.06. The summed E-state index contributed by atoms with van der Waals surface area (Å²) in [7, 11) is 6.59. The highest BCUT2D eigenvalue weighted by Gasteiger charge is 2.05. The molecule has 1 aromatic rings. The van der Waals surface area contributed by atoms with E-state index in [2.05, 4.69) is 21.1 Å². The van der Waals surface area contributed by atoms with Crippen LogP contribution in [0.4, 0.5) is 0 Å². The number of para-hydroxylation sites is 1. The summed E-state index contributed by atoms with van der Waals surface area (Å²) >= 11 is 0. The van der Waals surface area contributed by atoms with E-state index in [4.69, 9.17) is 4.74 Å². The molecule has 0 saturated heterocycles. The van der Waals surface area contributed by atoms with Crippen molar-refractivity contribution in [3.05, 3.63) is 30.3 Å². The summed E-state index contributed by atoms with van der Waals surface area (Å²) in [5.41, 5.74) is 0. The van der Waals surface area contributed by atoms with Gasteiger partial charge in [-0.2, -0.15) is 0 Å². The van der Waals surface area contributed by atoms with Crippen molar-refractivity contribution in [2.45, 2.75) is 6.42 Å². The molecule has 0 aliphatic heterocycles. The average molecular weight is 194 g/mol. The third kappa shape index (κ3) is 4.87. The van der Waals surface area contributed by atoms with Crippen LogP contribution >= 0.6 is 0 Å². The van der Waals surface area contributed by atoms with Crippen molar-refractivity contribution in [1.29, 1.82) is 0 Å². The van der Waals surface area contributed by atoms with E-state index >= 15 is 0 Å². The van der Waals surface area contributed by atoms with E-state index in [1.54, 1.807) is 0 Å². The van der Waals surface area contributed by atoms with Crippen LogP contribution in [0, 0.1) is 0 Å². The van der Waals surface area contributed by atoms with Crippen molar-refractivity contribution in [1.82, 2.24) is 0 Å². The molecule has 0 aliphatic rings. The van der Waals surface area contributed by atoms with Gasteiger partial charge in [0, 0.05) is 6.42 Å². The molecular weight excluding hydrogens is 174 g/mol. The normalized spacial score (nSPS) is 11.4. The Bertz CT molecular complexity index is 251. The molecule has 0 bridgehead atoms. The number of hydrogen-bond donors (Lipinski definition) is 0. The standard InChI is InChI=1S/C12H20NO/c1-13(2,3)10-7-11-14-12-8-5-4-6-9-12/h4-6,8-9H,7,10-11H2,1-3H3/q+1. The Morgan fingerprint density at radius 1 is 1.07 bits per heavy atom. The number of hydrogen-bond acceptors (Lipinski definition) is 1. The van der Waals surface area contributed by atoms with Crippen molar-refractivity contribution >= 4 is 0 Å². The number of nitrogens with zero attached hydrogens (tertiary/aromatic N) is 1. The highest BCUT2D eigenvalue weighted by atomic mass is 16.5. The third-order valence-electron chi connectivity index (χ3n) is 1.99. The van der Waals surface area contributed by atoms with Crippen molar-refractivity contribution in [2.24, 2.45) is 0 Å². The van der Waals surface area contributed by atoms with E-state index < -0.39 is 0 Å². The maximum Gasteiger partial charge on any atom is 0.119 e. The molecule has 2 nitrogen and oxygen atoms in total. The maximum absolute atomic E-state index is 5.59. The molecule has 0 heterocycles. The lowest BCUT2D eigenvalue weighted by Gasteiger charge is -2.23. The molecule has 0 spiro atoms. The molecule has 0 fully saturated rings. The van der Waals surface area contributed by atoms with Gasteiger partial charge in [-0.15, -0.1) is 0 Å². The number of quaternary nitrogens is 1. The zero-order valence-corrected chi connectivity index (χ0v) is 9.36. The third-order valence-corrected chi connectivity index (χ3v) is 1.99. The Morgan fingerprint density at radius 2 is 1.71 bits per heavy atom. The molecule has 1 rings (SSSR count). The number of ether oxygens (including phenoxy) is 1. The Labute approximate surface area is 86.7 Å². The molecule has 0 atom stereocenters. The van der Waals surface area contributed by atoms with Crippen LogP contribution in [0.15, 0.2) is 30.3 Å². The number of benzene rings is 1. The van der Waals surface area contributed by atoms with Gasteiger partial charge in [-0.3, -0.25) is 0 Å². The van der Waals surface area contributed by atoms with Gasteiger partial charge >= 0.3 is 0 Å². The second-order valence-corrected chi connectivity index (χ2v) is 4.53. The summed E-state index contributed by atoms with van der Waals surface area (Å²) in [6, 6.07) is 9.97. The molecule has 1 aromatic carbocycles. The first kappa shape index (κ1) is 11.1. The van der Waals surface area contributed by atoms with Gasteiger partial charge in [-0.05, 0) is 12.1 Å². The highest BCUT2D eigenvalue weighted by molar-refractivity contribution is 5.20. The van der Waals surface area contributed by atoms with E-state index in [0.29, 0.717) is 0 Å². The second kappa shape index (κ2) is 5.01. The van der Waals surface area contributed by atoms with Crippen molar-refractivity contribution in [3.63, 3.8) is 0 Å². The maximum atomic E-state index is 5.59. The predicted octanol–water partition coefficient (Wildman–Crippen LogP) is 2.16. The van der Waals surface area contributed by atoms with E-state index in [0.717, 1.165) is 29.8 Å². The molecule has 0 aromatic heterocycles. The average Bonchev–Trinajstić information content (AvgIpc) is 2.13. The lowest BCUT2D eigenvalue weighted by Crippen LogP contribution is -2.35. The van der Waals surface area contributed by atoms with Gasteiger partial charge in [0.05, 0.1) is 34.3 Å². The molecule has 14 heavy (non-hydrogen) atoms. The van der Waals surface area contributed by atoms with E-state index in [-0.39, 0.29) is 0 Å². The van der Waals surface area contributed by atoms with Crippen LogP contribution < -0.4 is 4.74 Å². The summed E-state index contributed by atoms with van der Waals surface area (Å²) in [6.07, 6.45) is 1.10. The molecule has 0 amide bonds. The largest absolute Gasteiger partial charge is 0.493 e. The van der Waals surface area contributed by atoms with E-state index in [1.807, 2.05) is 30.3 Å². The van der Waals surface area contributed by atoms with Crippen molar-refractivity contribution in [2.75, 3.05) is 34.3 Å². The smallest absolute Gasteiger partial charge is 0.119 e. The Balaban J connectivity index is 2.17. The lowest BCUT2D eigenvalue weighted by molar-refractivity contribution is -0.870. The first-order chi connectivity index (χ1) is 6.58. The second-order valence-electron chi connectivity index (χ2n) is 4.53. The molecule has 0 saturated carbocycles. The molecule has 0 N–H and O–H groups in total. The fraction of sp³-hybridized carbons (Fsp3) is 0.500. The molecule has 0 aliphatic carbocycles. The molecule has 0 unspecified atom stereocenters. The zero-order chi connectivity index (χ0) is 10.4. The monoisotopic (exact) mass is 194 g/mol. The van der Waals surface area contributed by atoms with Gasteiger partial charge in [0.1, 0.15) is 5.75 Å². The lowest BCUT2D eigenvalue weighted by atomic mass is 10.3. The van der Waals surface area contributed by atoms with Crippen LogP contribution in [0.1, 0.15) is 6.42 Å². The van der Waals surface area contributed by atoms with Crippen LogP contribution in [0.3, 0.4) is 0 Å². The Kier molecular flexibility index (Phi) is 3.96. The molecular formula is C12H20NO+. The van der Waals surface area contributed by atoms with Crippen LogP contribution in [-0.2, 0) is 0 Å². The molecule has 2 heteroatoms. The number of rotatable bonds is 5. The minimum atomic E-state index is 0.805. The minimum Gasteiger partial charge on any atom is -0.493 e. The van der Waals surface area contributed by atoms with Gasteiger partial charge in [0.25, 0.3) is 0 Å². The summed E-state index contributed by atoms with van der Waals surface area (Å²) in [5, 5.41) is 0. The van der Waals surface area contributed by atoms with Crippen LogP contribution in [0.25, 0.3) is 0 Å². The SMILES string of the molecule is C[N+](C)(C)CCCOc1ccccc1. The minimum absolute atomic E-state index is 0.805. The summed E-state index contributed by atoms with van der Waals surface area (Å²) in [5.74, 6) is 0.967. The Morgan fingerprint density at radius 3 is 2.29 bits per heavy atom. The summed E-state index contributed by atoms with van der Waals surface area (Å²) < 4.78 is 6.59. The van der Waals surface area contributed by atoms with Gasteiger partial charge in [-0.1, -0.05) is 18.2 Å². The Hall–Kier alpha value is -1.02. The zero-order valence-electron chi connectivity index (χ0n) is 9.36. The molecule has 78 valence electrons. The topological polar surface area (TPSA) is 9.23 Å². The van der Waals surface area contributed by atoms with Gasteiger partial charge < -0.3 is 9.22 Å². The van der Waals surface area contributed by atoms with E-state index in [1.165, 1.54) is 0 Å². The van der Waals surface area contributed by atoms with Crippen LogP contribution in [-0.4, -0.2) is 38.8 Å². The quantitative estimate of drug-likeness (QED) is 0.515. The van der Waals surface area contributed by atoms with Gasteiger partial charge in [0.2, 0.25) is 0 Å². The van der Waals surface area contributed by atoms with Gasteiger partial charge in [0.15, 0.2) is 0 Å². The predicted molar refractivity (Wildman–Crippen MR) is 59.5 cm³/mol. The fourth-order valence-corrected chi connectivity index (χ4v) is 1.25. The van der Waals surface area contributed by atoms with Gasteiger partial charge in [-0.25, -0.2) is 0 Å². The van der Waals surface area contributed by atoms with Crippen molar-refractivity contribution < 1.29 is 9.22 Å². The molecule has 0 radical (unpaired) electrons. The van der Waals surface area contributed by atoms with E-state index in [9.17, 15) is 0 Å². The highest BCUT2D eigenvalue weighted by Crippen LogP contribution is 2.08. The van der Waals surface area contributed by atoms with Crippen LogP contribution in [0.5, 0.6) is 5.75 Å². The fourth-order valence-electron chi connectivity index (χ4n) is 1.25.